The number of para-hydroxylation sites is 2. The smallest absolute Gasteiger partial charge is 0.142 e. The van der Waals surface area contributed by atoms with Gasteiger partial charge in [-0.25, -0.2) is 0 Å². The van der Waals surface area contributed by atoms with Gasteiger partial charge in [-0.3, -0.25) is 0 Å². The minimum absolute atomic E-state index is 0.00516. The Labute approximate surface area is 446 Å². The summed E-state index contributed by atoms with van der Waals surface area (Å²) in [6.45, 7) is 28.0. The molecule has 10 aromatic rings. The highest BCUT2D eigenvalue weighted by Crippen LogP contribution is 2.52. The van der Waals surface area contributed by atoms with Gasteiger partial charge >= 0.3 is 0 Å². The van der Waals surface area contributed by atoms with Crippen LogP contribution in [0.4, 0.5) is 0 Å². The van der Waals surface area contributed by atoms with Crippen molar-refractivity contribution in [3.05, 3.63) is 166 Å². The zero-order chi connectivity index (χ0) is 52.5. The third-order valence-corrected chi connectivity index (χ3v) is 16.7. The first-order valence-corrected chi connectivity index (χ1v) is 27.9. The van der Waals surface area contributed by atoms with Crippen molar-refractivity contribution in [3.8, 4) is 66.1 Å². The summed E-state index contributed by atoms with van der Waals surface area (Å²) in [4.78, 5) is 1.71. The van der Waals surface area contributed by atoms with Crippen LogP contribution in [0.15, 0.2) is 144 Å². The maximum absolute atomic E-state index is 12.3. The summed E-state index contributed by atoms with van der Waals surface area (Å²) < 4.78 is 13.0. The van der Waals surface area contributed by atoms with Crippen molar-refractivity contribution in [2.24, 2.45) is 0 Å². The van der Waals surface area contributed by atoms with E-state index >= 15 is 0 Å². The molecule has 0 bridgehead atoms. The third kappa shape index (κ3) is 9.80. The predicted molar refractivity (Wildman–Crippen MR) is 319 cm³/mol. The molecule has 2 N–H and O–H groups in total. The number of rotatable bonds is 11. The molecular weight excluding hydrogens is 945 g/mol. The fraction of sp³-hybridized carbons (Fsp3) is 0.294. The van der Waals surface area contributed by atoms with E-state index in [9.17, 15) is 10.2 Å². The number of unbranched alkanes of at least 4 members (excludes halogenated alkanes) is 1. The summed E-state index contributed by atoms with van der Waals surface area (Å²) in [5.74, 6) is 2.01. The van der Waals surface area contributed by atoms with Gasteiger partial charge in [0, 0.05) is 44.1 Å². The van der Waals surface area contributed by atoms with Crippen molar-refractivity contribution in [2.75, 3.05) is 13.2 Å². The van der Waals surface area contributed by atoms with Crippen LogP contribution in [-0.2, 0) is 21.7 Å². The van der Waals surface area contributed by atoms with E-state index in [-0.39, 0.29) is 33.2 Å². The van der Waals surface area contributed by atoms with Gasteiger partial charge in [0.15, 0.2) is 0 Å². The molecule has 0 aliphatic heterocycles. The lowest BCUT2D eigenvalue weighted by molar-refractivity contribution is 0.267. The summed E-state index contributed by atoms with van der Waals surface area (Å²) in [6.07, 6.45) is 1.53. The van der Waals surface area contributed by atoms with Crippen molar-refractivity contribution < 1.29 is 19.7 Å². The zero-order valence-electron chi connectivity index (χ0n) is 45.2. The van der Waals surface area contributed by atoms with E-state index in [0.717, 1.165) is 99.8 Å². The predicted octanol–water partition coefficient (Wildman–Crippen LogP) is 19.9. The monoisotopic (exact) mass is 1010 g/mol. The van der Waals surface area contributed by atoms with E-state index in [1.165, 1.54) is 33.0 Å². The van der Waals surface area contributed by atoms with Gasteiger partial charge in [0.25, 0.3) is 0 Å². The van der Waals surface area contributed by atoms with Crippen LogP contribution >= 0.6 is 22.7 Å². The first-order valence-electron chi connectivity index (χ1n) is 26.2. The Balaban J connectivity index is 0.878. The molecule has 0 aliphatic rings. The molecule has 0 fully saturated rings. The Morgan fingerprint density at radius 1 is 0.365 bits per heavy atom. The van der Waals surface area contributed by atoms with Crippen molar-refractivity contribution in [2.45, 2.75) is 118 Å². The number of aromatic hydroxyl groups is 2. The molecule has 8 aromatic carbocycles. The fourth-order valence-electron chi connectivity index (χ4n) is 10.2. The molecule has 6 heteroatoms. The van der Waals surface area contributed by atoms with Crippen molar-refractivity contribution in [1.82, 2.24) is 0 Å². The SMILES string of the molecule is CC(C)(C)c1ccc2c(-c3scc(-c4ccccc4OCCCCOc4ccccc4-c4csc(-c5c6ccc(C(C)(C)C)cc6cc6ccc(C(C)(C)C)cc56)c4O)c3O)c3cc(C(C)(C)C)ccc3cc2c1. The average molecular weight is 1020 g/mol. The number of hydrogen-bond donors (Lipinski definition) is 2. The van der Waals surface area contributed by atoms with Crippen LogP contribution in [0.3, 0.4) is 0 Å². The average Bonchev–Trinajstić information content (AvgIpc) is 3.93. The van der Waals surface area contributed by atoms with Gasteiger partial charge in [-0.2, -0.15) is 0 Å². The van der Waals surface area contributed by atoms with Gasteiger partial charge in [-0.15, -0.1) is 22.7 Å². The van der Waals surface area contributed by atoms with Crippen LogP contribution in [0.5, 0.6) is 23.0 Å². The molecule has 0 spiro atoms. The van der Waals surface area contributed by atoms with E-state index in [4.69, 9.17) is 9.47 Å². The van der Waals surface area contributed by atoms with Crippen molar-refractivity contribution in [3.63, 3.8) is 0 Å². The van der Waals surface area contributed by atoms with Crippen LogP contribution in [0.25, 0.3) is 86.2 Å². The molecule has 0 saturated carbocycles. The summed E-state index contributed by atoms with van der Waals surface area (Å²) in [7, 11) is 0. The first-order chi connectivity index (χ1) is 35.1. The molecule has 0 saturated heterocycles. The molecule has 74 heavy (non-hydrogen) atoms. The maximum Gasteiger partial charge on any atom is 0.142 e. The van der Waals surface area contributed by atoms with Gasteiger partial charge < -0.3 is 19.7 Å². The van der Waals surface area contributed by atoms with E-state index in [1.54, 1.807) is 22.7 Å². The topological polar surface area (TPSA) is 58.9 Å². The second-order valence-corrected chi connectivity index (χ2v) is 26.1. The summed E-state index contributed by atoms with van der Waals surface area (Å²) in [5.41, 5.74) is 10.4. The lowest BCUT2D eigenvalue weighted by Gasteiger charge is -2.22. The highest BCUT2D eigenvalue weighted by Gasteiger charge is 2.26. The van der Waals surface area contributed by atoms with Crippen molar-refractivity contribution >= 4 is 65.8 Å². The Hall–Kier alpha value is -6.60. The Bertz CT molecular complexity index is 3500. The molecule has 0 atom stereocenters. The number of fused-ring (bicyclic) bond motifs is 4. The minimum Gasteiger partial charge on any atom is -0.506 e. The normalized spacial score (nSPS) is 12.6. The van der Waals surface area contributed by atoms with Crippen LogP contribution in [-0.4, -0.2) is 23.4 Å². The van der Waals surface area contributed by atoms with Gasteiger partial charge in [0.1, 0.15) is 23.0 Å². The molecule has 0 unspecified atom stereocenters. The molecule has 4 nitrogen and oxygen atoms in total. The molecule has 0 radical (unpaired) electrons. The van der Waals surface area contributed by atoms with Gasteiger partial charge in [-0.05, 0) is 136 Å². The highest BCUT2D eigenvalue weighted by atomic mass is 32.1. The third-order valence-electron chi connectivity index (χ3n) is 14.8. The van der Waals surface area contributed by atoms with Crippen LogP contribution in [0.1, 0.15) is 118 Å². The van der Waals surface area contributed by atoms with E-state index in [2.05, 4.69) is 179 Å². The van der Waals surface area contributed by atoms with E-state index in [1.807, 2.05) is 48.5 Å². The number of ether oxygens (including phenoxy) is 2. The Morgan fingerprint density at radius 3 is 1.09 bits per heavy atom. The summed E-state index contributed by atoms with van der Waals surface area (Å²) in [6, 6.07) is 47.9. The molecule has 0 amide bonds. The molecule has 2 heterocycles. The minimum atomic E-state index is -0.0326. The Kier molecular flexibility index (Phi) is 13.3. The van der Waals surface area contributed by atoms with Gasteiger partial charge in [0.05, 0.1) is 23.0 Å². The fourth-order valence-corrected chi connectivity index (χ4v) is 12.3. The second kappa shape index (κ2) is 19.3. The lowest BCUT2D eigenvalue weighted by atomic mass is 9.82. The quantitative estimate of drug-likeness (QED) is 0.100. The molecule has 378 valence electrons. The van der Waals surface area contributed by atoms with E-state index < -0.39 is 0 Å². The number of benzene rings is 8. The zero-order valence-corrected chi connectivity index (χ0v) is 46.8. The first kappa shape index (κ1) is 50.9. The standard InChI is InChI=1S/C68H70O4S2/c1-65(2,3)45-27-29-49-43(35-45)33-41-23-25-47(67(7,8)9)37-53(41)59(49)63-61(69)55(39-73-63)51-19-13-15-21-57(51)71-31-17-18-32-72-58-22-16-14-20-52(58)56-40-74-64(62(56)70)60-50-30-28-46(66(4,5)6)36-44(50)34-42-24-26-48(38-54(42)60)68(10,11)12/h13-16,19-30,33-40,69-70H,17-18,31-32H2,1-12H3. The molecule has 2 aromatic heterocycles. The van der Waals surface area contributed by atoms with Gasteiger partial charge in [0.2, 0.25) is 0 Å². The molecular formula is C68H70O4S2. The van der Waals surface area contributed by atoms with Gasteiger partial charge in [-0.1, -0.05) is 180 Å². The molecule has 0 aliphatic carbocycles. The largest absolute Gasteiger partial charge is 0.506 e. The van der Waals surface area contributed by atoms with E-state index in [0.29, 0.717) is 13.2 Å². The van der Waals surface area contributed by atoms with Crippen molar-refractivity contribution in [1.29, 1.82) is 0 Å². The summed E-state index contributed by atoms with van der Waals surface area (Å²) in [5, 5.41) is 37.9. The molecule has 10 rings (SSSR count). The van der Waals surface area contributed by atoms with Crippen LogP contribution < -0.4 is 9.47 Å². The summed E-state index contributed by atoms with van der Waals surface area (Å²) >= 11 is 3.17. The van der Waals surface area contributed by atoms with Crippen LogP contribution in [0.2, 0.25) is 0 Å². The Morgan fingerprint density at radius 2 is 0.716 bits per heavy atom. The highest BCUT2D eigenvalue weighted by molar-refractivity contribution is 7.15. The second-order valence-electron chi connectivity index (χ2n) is 24.3. The lowest BCUT2D eigenvalue weighted by Crippen LogP contribution is -2.11. The number of hydrogen-bond acceptors (Lipinski definition) is 6. The number of thiophene rings is 2. The maximum atomic E-state index is 12.3. The van der Waals surface area contributed by atoms with Crippen LogP contribution in [0, 0.1) is 0 Å².